The molecule has 1 aliphatic rings. The molecule has 0 saturated heterocycles. The molecule has 1 aromatic rings. The average molecular weight is 343 g/mol. The Hall–Kier alpha value is -1.23. The number of hydrogen-bond donors (Lipinski definition) is 2. The summed E-state index contributed by atoms with van der Waals surface area (Å²) in [6.45, 7) is 2.94. The van der Waals surface area contributed by atoms with Crippen LogP contribution in [0.5, 0.6) is 5.75 Å². The Bertz CT molecular complexity index is 547. The van der Waals surface area contributed by atoms with E-state index in [4.69, 9.17) is 27.9 Å². The number of carbonyl (C=O) groups excluding carboxylic acids is 1. The van der Waals surface area contributed by atoms with Gasteiger partial charge in [-0.2, -0.15) is 0 Å². The summed E-state index contributed by atoms with van der Waals surface area (Å²) in [6.07, 6.45) is 4.20. The van der Waals surface area contributed by atoms with Gasteiger partial charge in [-0.25, -0.2) is 0 Å². The number of nitrogens with one attached hydrogen (secondary N) is 2. The van der Waals surface area contributed by atoms with Gasteiger partial charge in [-0.1, -0.05) is 40.9 Å². The van der Waals surface area contributed by atoms with Crippen molar-refractivity contribution in [1.29, 1.82) is 0 Å². The van der Waals surface area contributed by atoms with E-state index in [0.29, 0.717) is 41.8 Å². The molecule has 0 saturated carbocycles. The van der Waals surface area contributed by atoms with E-state index in [9.17, 15) is 4.79 Å². The molecule has 0 atom stereocenters. The van der Waals surface area contributed by atoms with Gasteiger partial charge >= 0.3 is 0 Å². The molecular formula is C16H20Cl2N2O2. The predicted molar refractivity (Wildman–Crippen MR) is 89.8 cm³/mol. The first-order valence-electron chi connectivity index (χ1n) is 7.39. The van der Waals surface area contributed by atoms with Gasteiger partial charge in [0.25, 0.3) is 0 Å². The molecule has 0 radical (unpaired) electrons. The summed E-state index contributed by atoms with van der Waals surface area (Å²) in [7, 11) is 0. The first-order chi connectivity index (χ1) is 10.7. The summed E-state index contributed by atoms with van der Waals surface area (Å²) in [4.78, 5) is 11.8. The maximum absolute atomic E-state index is 11.8. The van der Waals surface area contributed by atoms with E-state index >= 15 is 0 Å². The number of carbonyl (C=O) groups is 1. The van der Waals surface area contributed by atoms with Gasteiger partial charge in [0, 0.05) is 19.5 Å². The number of benzene rings is 1. The number of amides is 1. The van der Waals surface area contributed by atoms with Gasteiger partial charge in [0.15, 0.2) is 0 Å². The second kappa shape index (κ2) is 9.03. The molecule has 2 N–H and O–H groups in total. The molecule has 0 unspecified atom stereocenters. The van der Waals surface area contributed by atoms with Gasteiger partial charge in [0.1, 0.15) is 10.8 Å². The lowest BCUT2D eigenvalue weighted by atomic mass is 10.1. The van der Waals surface area contributed by atoms with Crippen molar-refractivity contribution in [1.82, 2.24) is 10.6 Å². The van der Waals surface area contributed by atoms with Crippen LogP contribution in [0.4, 0.5) is 0 Å². The third-order valence-electron chi connectivity index (χ3n) is 3.39. The van der Waals surface area contributed by atoms with Gasteiger partial charge in [-0.15, -0.1) is 0 Å². The monoisotopic (exact) mass is 342 g/mol. The lowest BCUT2D eigenvalue weighted by Gasteiger charge is -2.14. The third kappa shape index (κ3) is 5.52. The molecule has 120 valence electrons. The van der Waals surface area contributed by atoms with Gasteiger partial charge < -0.3 is 15.4 Å². The van der Waals surface area contributed by atoms with Crippen LogP contribution in [0, 0.1) is 0 Å². The maximum Gasteiger partial charge on any atom is 0.220 e. The van der Waals surface area contributed by atoms with Crippen LogP contribution < -0.4 is 15.4 Å². The summed E-state index contributed by atoms with van der Waals surface area (Å²) < 4.78 is 5.55. The largest absolute Gasteiger partial charge is 0.492 e. The number of ether oxygens (including phenoxy) is 1. The Morgan fingerprint density at radius 1 is 1.36 bits per heavy atom. The number of halogens is 2. The molecule has 0 bridgehead atoms. The van der Waals surface area contributed by atoms with Crippen molar-refractivity contribution in [2.75, 3.05) is 26.2 Å². The van der Waals surface area contributed by atoms with E-state index in [1.54, 1.807) is 18.2 Å². The van der Waals surface area contributed by atoms with Gasteiger partial charge in [0.05, 0.1) is 11.6 Å². The molecule has 1 amide bonds. The van der Waals surface area contributed by atoms with Crippen molar-refractivity contribution in [3.8, 4) is 5.75 Å². The molecule has 1 heterocycles. The molecule has 0 fully saturated rings. The van der Waals surface area contributed by atoms with E-state index in [1.807, 2.05) is 0 Å². The van der Waals surface area contributed by atoms with Gasteiger partial charge in [0.2, 0.25) is 5.91 Å². The predicted octanol–water partition coefficient (Wildman–Crippen LogP) is 3.19. The van der Waals surface area contributed by atoms with Crippen LogP contribution >= 0.6 is 23.2 Å². The fourth-order valence-corrected chi connectivity index (χ4v) is 2.49. The highest BCUT2D eigenvalue weighted by Gasteiger charge is 2.07. The summed E-state index contributed by atoms with van der Waals surface area (Å²) in [5.41, 5.74) is 1.29. The summed E-state index contributed by atoms with van der Waals surface area (Å²) in [6, 6.07) is 5.25. The third-order valence-corrected chi connectivity index (χ3v) is 4.19. The minimum Gasteiger partial charge on any atom is -0.492 e. The molecule has 22 heavy (non-hydrogen) atoms. The van der Waals surface area contributed by atoms with Crippen LogP contribution in [0.15, 0.2) is 29.8 Å². The van der Waals surface area contributed by atoms with Crippen molar-refractivity contribution in [2.24, 2.45) is 0 Å². The molecular weight excluding hydrogens is 323 g/mol. The van der Waals surface area contributed by atoms with Crippen LogP contribution in [0.3, 0.4) is 0 Å². The number of rotatable bonds is 7. The fourth-order valence-electron chi connectivity index (χ4n) is 2.14. The quantitative estimate of drug-likeness (QED) is 0.591. The number of hydrogen-bond acceptors (Lipinski definition) is 3. The first kappa shape index (κ1) is 17.1. The Balaban J connectivity index is 1.62. The van der Waals surface area contributed by atoms with E-state index in [-0.39, 0.29) is 5.91 Å². The molecule has 0 aliphatic carbocycles. The van der Waals surface area contributed by atoms with E-state index in [1.165, 1.54) is 5.57 Å². The van der Waals surface area contributed by atoms with Crippen molar-refractivity contribution < 1.29 is 9.53 Å². The Kier molecular flexibility index (Phi) is 7.03. The van der Waals surface area contributed by atoms with Crippen LogP contribution in [0.25, 0.3) is 0 Å². The highest BCUT2D eigenvalue weighted by molar-refractivity contribution is 6.42. The van der Waals surface area contributed by atoms with Gasteiger partial charge in [-0.05, 0) is 31.5 Å². The van der Waals surface area contributed by atoms with Crippen LogP contribution in [0.2, 0.25) is 10.0 Å². The molecule has 6 heteroatoms. The summed E-state index contributed by atoms with van der Waals surface area (Å²) in [5, 5.41) is 7.05. The topological polar surface area (TPSA) is 50.4 Å². The second-order valence-corrected chi connectivity index (χ2v) is 5.88. The SMILES string of the molecule is O=C(CCCOc1cccc(Cl)c1Cl)NCC1=CCNCC1. The second-order valence-electron chi connectivity index (χ2n) is 5.10. The molecule has 4 nitrogen and oxygen atoms in total. The zero-order valence-corrected chi connectivity index (χ0v) is 13.8. The van der Waals surface area contributed by atoms with Crippen molar-refractivity contribution in [3.63, 3.8) is 0 Å². The Morgan fingerprint density at radius 3 is 3.00 bits per heavy atom. The average Bonchev–Trinajstić information content (AvgIpc) is 2.54. The van der Waals surface area contributed by atoms with Gasteiger partial charge in [-0.3, -0.25) is 4.79 Å². The minimum absolute atomic E-state index is 0.0419. The Morgan fingerprint density at radius 2 is 2.23 bits per heavy atom. The maximum atomic E-state index is 11.8. The molecule has 1 aromatic carbocycles. The molecule has 0 aromatic heterocycles. The van der Waals surface area contributed by atoms with E-state index in [2.05, 4.69) is 16.7 Å². The van der Waals surface area contributed by atoms with Crippen molar-refractivity contribution >= 4 is 29.1 Å². The van der Waals surface area contributed by atoms with Crippen molar-refractivity contribution in [3.05, 3.63) is 39.9 Å². The van der Waals surface area contributed by atoms with Crippen LogP contribution in [-0.4, -0.2) is 32.1 Å². The van der Waals surface area contributed by atoms with Crippen LogP contribution in [-0.2, 0) is 4.79 Å². The Labute approximate surface area is 140 Å². The summed E-state index contributed by atoms with van der Waals surface area (Å²) >= 11 is 11.9. The van der Waals surface area contributed by atoms with Crippen LogP contribution in [0.1, 0.15) is 19.3 Å². The summed E-state index contributed by atoms with van der Waals surface area (Å²) in [5.74, 6) is 0.592. The highest BCUT2D eigenvalue weighted by atomic mass is 35.5. The molecule has 0 spiro atoms. The smallest absolute Gasteiger partial charge is 0.220 e. The molecule has 1 aliphatic heterocycles. The van der Waals surface area contributed by atoms with Crippen molar-refractivity contribution in [2.45, 2.75) is 19.3 Å². The van der Waals surface area contributed by atoms with E-state index in [0.717, 1.165) is 19.5 Å². The standard InChI is InChI=1S/C16H20Cl2N2O2/c17-13-3-1-4-14(16(13)18)22-10-2-5-15(21)20-11-12-6-8-19-9-7-12/h1,3-4,6,19H,2,5,7-11H2,(H,20,21). The first-order valence-corrected chi connectivity index (χ1v) is 8.14. The zero-order chi connectivity index (χ0) is 15.8. The lowest BCUT2D eigenvalue weighted by molar-refractivity contribution is -0.121. The zero-order valence-electron chi connectivity index (χ0n) is 12.3. The lowest BCUT2D eigenvalue weighted by Crippen LogP contribution is -2.29. The normalized spacial score (nSPS) is 14.4. The fraction of sp³-hybridized carbons (Fsp3) is 0.438. The molecule has 2 rings (SSSR count). The minimum atomic E-state index is 0.0419. The van der Waals surface area contributed by atoms with E-state index < -0.39 is 0 Å². The highest BCUT2D eigenvalue weighted by Crippen LogP contribution is 2.31.